The van der Waals surface area contributed by atoms with Crippen molar-refractivity contribution in [1.82, 2.24) is 4.98 Å². The summed E-state index contributed by atoms with van der Waals surface area (Å²) in [4.78, 5) is 3.91. The highest BCUT2D eigenvalue weighted by atomic mass is 32.2. The highest BCUT2D eigenvalue weighted by molar-refractivity contribution is 7.92. The molecular formula is C9H12N2O2S. The van der Waals surface area contributed by atoms with Crippen LogP contribution in [-0.2, 0) is 10.0 Å². The van der Waals surface area contributed by atoms with Gasteiger partial charge in [0.15, 0.2) is 0 Å². The SMILES string of the molecule is CS(=O)(=O)Nc1cnccc1C1CC1. The summed E-state index contributed by atoms with van der Waals surface area (Å²) in [7, 11) is -3.20. The third-order valence-corrected chi connectivity index (χ3v) is 2.76. The Balaban J connectivity index is 2.32. The zero-order chi connectivity index (χ0) is 10.2. The Hall–Kier alpha value is -1.10. The van der Waals surface area contributed by atoms with Crippen molar-refractivity contribution in [2.24, 2.45) is 0 Å². The molecule has 1 aliphatic carbocycles. The molecule has 1 aromatic rings. The Morgan fingerprint density at radius 1 is 1.50 bits per heavy atom. The lowest BCUT2D eigenvalue weighted by atomic mass is 10.1. The van der Waals surface area contributed by atoms with Crippen molar-refractivity contribution >= 4 is 15.7 Å². The largest absolute Gasteiger partial charge is 0.282 e. The van der Waals surface area contributed by atoms with Crippen LogP contribution in [0.2, 0.25) is 0 Å². The first-order valence-corrected chi connectivity index (χ1v) is 6.37. The van der Waals surface area contributed by atoms with Crippen molar-refractivity contribution in [1.29, 1.82) is 0 Å². The van der Waals surface area contributed by atoms with Gasteiger partial charge < -0.3 is 0 Å². The van der Waals surface area contributed by atoms with Gasteiger partial charge in [0.2, 0.25) is 10.0 Å². The van der Waals surface area contributed by atoms with Crippen LogP contribution < -0.4 is 4.72 Å². The number of hydrogen-bond acceptors (Lipinski definition) is 3. The van der Waals surface area contributed by atoms with Crippen molar-refractivity contribution in [2.45, 2.75) is 18.8 Å². The van der Waals surface area contributed by atoms with Crippen LogP contribution in [0, 0.1) is 0 Å². The van der Waals surface area contributed by atoms with Crippen molar-refractivity contribution < 1.29 is 8.42 Å². The minimum Gasteiger partial charge on any atom is -0.282 e. The van der Waals surface area contributed by atoms with E-state index in [2.05, 4.69) is 9.71 Å². The van der Waals surface area contributed by atoms with Crippen LogP contribution in [0.1, 0.15) is 24.3 Å². The van der Waals surface area contributed by atoms with Crippen LogP contribution in [0.3, 0.4) is 0 Å². The van der Waals surface area contributed by atoms with E-state index in [9.17, 15) is 8.42 Å². The minimum atomic E-state index is -3.20. The van der Waals surface area contributed by atoms with Gasteiger partial charge in [-0.2, -0.15) is 0 Å². The lowest BCUT2D eigenvalue weighted by Crippen LogP contribution is -2.11. The predicted molar refractivity (Wildman–Crippen MR) is 54.7 cm³/mol. The quantitative estimate of drug-likeness (QED) is 0.822. The Bertz CT molecular complexity index is 438. The molecule has 5 heteroatoms. The molecule has 1 fully saturated rings. The molecule has 0 aliphatic heterocycles. The van der Waals surface area contributed by atoms with Gasteiger partial charge in [-0.1, -0.05) is 0 Å². The van der Waals surface area contributed by atoms with Crippen LogP contribution in [0.5, 0.6) is 0 Å². The molecular weight excluding hydrogens is 200 g/mol. The van der Waals surface area contributed by atoms with Gasteiger partial charge in [-0.3, -0.25) is 9.71 Å². The van der Waals surface area contributed by atoms with Crippen LogP contribution >= 0.6 is 0 Å². The van der Waals surface area contributed by atoms with E-state index < -0.39 is 10.0 Å². The number of anilines is 1. The van der Waals surface area contributed by atoms with Crippen molar-refractivity contribution in [3.63, 3.8) is 0 Å². The number of pyridine rings is 1. The highest BCUT2D eigenvalue weighted by Gasteiger charge is 2.26. The number of nitrogens with zero attached hydrogens (tertiary/aromatic N) is 1. The van der Waals surface area contributed by atoms with Gasteiger partial charge in [0.05, 0.1) is 18.1 Å². The van der Waals surface area contributed by atoms with Crippen molar-refractivity contribution in [3.8, 4) is 0 Å². The van der Waals surface area contributed by atoms with Crippen LogP contribution in [0.4, 0.5) is 5.69 Å². The maximum absolute atomic E-state index is 11.1. The predicted octanol–water partition coefficient (Wildman–Crippen LogP) is 1.33. The monoisotopic (exact) mass is 212 g/mol. The average Bonchev–Trinajstić information content (AvgIpc) is 2.85. The molecule has 1 aromatic heterocycles. The molecule has 0 aromatic carbocycles. The molecule has 0 atom stereocenters. The first-order chi connectivity index (χ1) is 6.56. The zero-order valence-electron chi connectivity index (χ0n) is 7.90. The summed E-state index contributed by atoms with van der Waals surface area (Å²) < 4.78 is 24.6. The third kappa shape index (κ3) is 2.23. The van der Waals surface area contributed by atoms with Crippen LogP contribution in [0.25, 0.3) is 0 Å². The topological polar surface area (TPSA) is 59.1 Å². The summed E-state index contributed by atoms with van der Waals surface area (Å²) in [5.41, 5.74) is 1.68. The summed E-state index contributed by atoms with van der Waals surface area (Å²) in [6, 6.07) is 1.88. The second-order valence-corrected chi connectivity index (χ2v) is 5.36. The number of aromatic nitrogens is 1. The number of sulfonamides is 1. The third-order valence-electron chi connectivity index (χ3n) is 2.17. The molecule has 14 heavy (non-hydrogen) atoms. The molecule has 1 saturated carbocycles. The van der Waals surface area contributed by atoms with E-state index in [1.54, 1.807) is 12.4 Å². The maximum Gasteiger partial charge on any atom is 0.229 e. The molecule has 1 heterocycles. The first-order valence-electron chi connectivity index (χ1n) is 4.48. The molecule has 1 N–H and O–H groups in total. The molecule has 0 radical (unpaired) electrons. The maximum atomic E-state index is 11.1. The molecule has 0 unspecified atom stereocenters. The Morgan fingerprint density at radius 3 is 2.79 bits per heavy atom. The zero-order valence-corrected chi connectivity index (χ0v) is 8.71. The van der Waals surface area contributed by atoms with Crippen molar-refractivity contribution in [2.75, 3.05) is 11.0 Å². The number of rotatable bonds is 3. The summed E-state index contributed by atoms with van der Waals surface area (Å²) in [6.45, 7) is 0. The summed E-state index contributed by atoms with van der Waals surface area (Å²) >= 11 is 0. The van der Waals surface area contributed by atoms with E-state index in [0.717, 1.165) is 24.7 Å². The summed E-state index contributed by atoms with van der Waals surface area (Å²) in [5.74, 6) is 0.516. The van der Waals surface area contributed by atoms with Gasteiger partial charge in [-0.15, -0.1) is 0 Å². The van der Waals surface area contributed by atoms with E-state index in [0.29, 0.717) is 11.6 Å². The number of nitrogens with one attached hydrogen (secondary N) is 1. The molecule has 0 saturated heterocycles. The molecule has 0 spiro atoms. The van der Waals surface area contributed by atoms with Gasteiger partial charge in [0.1, 0.15) is 0 Å². The lowest BCUT2D eigenvalue weighted by molar-refractivity contribution is 0.606. The lowest BCUT2D eigenvalue weighted by Gasteiger charge is -2.08. The second-order valence-electron chi connectivity index (χ2n) is 3.61. The fourth-order valence-electron chi connectivity index (χ4n) is 1.44. The fourth-order valence-corrected chi connectivity index (χ4v) is 2.01. The van der Waals surface area contributed by atoms with E-state index >= 15 is 0 Å². The van der Waals surface area contributed by atoms with Gasteiger partial charge in [0.25, 0.3) is 0 Å². The Morgan fingerprint density at radius 2 is 2.21 bits per heavy atom. The van der Waals surface area contributed by atoms with E-state index in [4.69, 9.17) is 0 Å². The summed E-state index contributed by atoms with van der Waals surface area (Å²) in [6.07, 6.45) is 6.69. The van der Waals surface area contributed by atoms with Crippen LogP contribution in [-0.4, -0.2) is 19.7 Å². The molecule has 4 nitrogen and oxygen atoms in total. The molecule has 2 rings (SSSR count). The second kappa shape index (κ2) is 3.24. The average molecular weight is 212 g/mol. The fraction of sp³-hybridized carbons (Fsp3) is 0.444. The standard InChI is InChI=1S/C9H12N2O2S/c1-14(12,13)11-9-6-10-5-4-8(9)7-2-3-7/h4-7,11H,2-3H2,1H3. The molecule has 0 bridgehead atoms. The van der Waals surface area contributed by atoms with E-state index in [-0.39, 0.29) is 0 Å². The minimum absolute atomic E-state index is 0.516. The molecule has 0 amide bonds. The van der Waals surface area contributed by atoms with E-state index in [1.807, 2.05) is 6.07 Å². The van der Waals surface area contributed by atoms with Gasteiger partial charge in [-0.25, -0.2) is 8.42 Å². The summed E-state index contributed by atoms with van der Waals surface area (Å²) in [5, 5.41) is 0. The smallest absolute Gasteiger partial charge is 0.229 e. The molecule has 1 aliphatic rings. The van der Waals surface area contributed by atoms with Gasteiger partial charge in [0, 0.05) is 6.20 Å². The highest BCUT2D eigenvalue weighted by Crippen LogP contribution is 2.43. The molecule has 76 valence electrons. The normalized spacial score (nSPS) is 16.6. The van der Waals surface area contributed by atoms with E-state index in [1.165, 1.54) is 0 Å². The van der Waals surface area contributed by atoms with Crippen LogP contribution in [0.15, 0.2) is 18.5 Å². The number of hydrogen-bond donors (Lipinski definition) is 1. The van der Waals surface area contributed by atoms with Crippen molar-refractivity contribution in [3.05, 3.63) is 24.0 Å². The first kappa shape index (κ1) is 9.45. The Labute approximate surface area is 83.4 Å². The van der Waals surface area contributed by atoms with Gasteiger partial charge >= 0.3 is 0 Å². The Kier molecular flexibility index (Phi) is 2.19. The van der Waals surface area contributed by atoms with Gasteiger partial charge in [-0.05, 0) is 30.4 Å².